The summed E-state index contributed by atoms with van der Waals surface area (Å²) in [6, 6.07) is -2.80. The molecule has 0 heterocycles. The maximum absolute atomic E-state index is 12.1. The van der Waals surface area contributed by atoms with Gasteiger partial charge >= 0.3 is 5.97 Å². The zero-order chi connectivity index (χ0) is 18.0. The molecule has 0 spiro atoms. The molecule has 0 aromatic rings. The predicted octanol–water partition coefficient (Wildman–Crippen LogP) is -1.72. The van der Waals surface area contributed by atoms with Gasteiger partial charge < -0.3 is 26.8 Å². The summed E-state index contributed by atoms with van der Waals surface area (Å²) in [6.07, 6.45) is 2.18. The molecule has 0 unspecified atom stereocenters. The molecule has 23 heavy (non-hydrogen) atoms. The van der Waals surface area contributed by atoms with E-state index in [1.165, 1.54) is 25.6 Å². The van der Waals surface area contributed by atoms with Gasteiger partial charge in [-0.2, -0.15) is 11.8 Å². The Labute approximate surface area is 139 Å². The lowest BCUT2D eigenvalue weighted by Crippen LogP contribution is -2.55. The van der Waals surface area contributed by atoms with Gasteiger partial charge in [0.15, 0.2) is 0 Å². The van der Waals surface area contributed by atoms with Crippen LogP contribution in [0.2, 0.25) is 0 Å². The lowest BCUT2D eigenvalue weighted by atomic mass is 10.1. The fourth-order valence-electron chi connectivity index (χ4n) is 1.54. The van der Waals surface area contributed by atoms with Crippen LogP contribution in [0.15, 0.2) is 0 Å². The van der Waals surface area contributed by atoms with E-state index in [0.717, 1.165) is 0 Å². The largest absolute Gasteiger partial charge is 0.480 e. The molecule has 0 aliphatic rings. The Bertz CT molecular complexity index is 446. The molecular weight excluding hydrogens is 324 g/mol. The van der Waals surface area contributed by atoms with Crippen LogP contribution in [0.25, 0.3) is 0 Å². The van der Waals surface area contributed by atoms with E-state index in [0.29, 0.717) is 12.2 Å². The van der Waals surface area contributed by atoms with Crippen molar-refractivity contribution in [2.75, 3.05) is 18.6 Å². The minimum Gasteiger partial charge on any atom is -0.480 e. The molecule has 0 saturated carbocycles. The number of nitrogens with two attached hydrogens (primary N) is 1. The summed E-state index contributed by atoms with van der Waals surface area (Å²) in [6.45, 7) is 2.55. The number of carboxylic acids is 1. The first kappa shape index (κ1) is 21.2. The van der Waals surface area contributed by atoms with Crippen LogP contribution in [0, 0.1) is 0 Å². The normalized spacial score (nSPS) is 14.3. The molecule has 0 rings (SSSR count). The minimum absolute atomic E-state index is 0.246. The van der Waals surface area contributed by atoms with Crippen molar-refractivity contribution in [2.45, 2.75) is 38.4 Å². The Morgan fingerprint density at radius 3 is 2.13 bits per heavy atom. The minimum atomic E-state index is -1.17. The smallest absolute Gasteiger partial charge is 0.325 e. The Balaban J connectivity index is 4.76. The molecular formula is C13H24N4O5S. The van der Waals surface area contributed by atoms with Gasteiger partial charge in [0, 0.05) is 0 Å². The number of amides is 3. The van der Waals surface area contributed by atoms with Gasteiger partial charge in [-0.05, 0) is 32.3 Å². The van der Waals surface area contributed by atoms with Crippen LogP contribution in [0.1, 0.15) is 20.3 Å². The van der Waals surface area contributed by atoms with Gasteiger partial charge in [0.2, 0.25) is 17.7 Å². The van der Waals surface area contributed by atoms with Gasteiger partial charge in [0.1, 0.15) is 18.1 Å². The molecule has 9 nitrogen and oxygen atoms in total. The summed E-state index contributed by atoms with van der Waals surface area (Å²) in [5, 5.41) is 16.0. The third-order valence-corrected chi connectivity index (χ3v) is 3.57. The first-order valence-corrected chi connectivity index (χ1v) is 8.44. The summed E-state index contributed by atoms with van der Waals surface area (Å²) in [5.41, 5.74) is 5.15. The third-order valence-electron chi connectivity index (χ3n) is 2.93. The molecule has 0 fully saturated rings. The van der Waals surface area contributed by atoms with E-state index in [4.69, 9.17) is 10.8 Å². The van der Waals surface area contributed by atoms with E-state index in [-0.39, 0.29) is 6.54 Å². The van der Waals surface area contributed by atoms with Crippen molar-refractivity contribution < 1.29 is 24.3 Å². The van der Waals surface area contributed by atoms with E-state index < -0.39 is 41.8 Å². The quantitative estimate of drug-likeness (QED) is 0.315. The summed E-state index contributed by atoms with van der Waals surface area (Å²) in [4.78, 5) is 46.1. The van der Waals surface area contributed by atoms with Crippen LogP contribution in [0.5, 0.6) is 0 Å². The van der Waals surface area contributed by atoms with Gasteiger partial charge in [-0.1, -0.05) is 0 Å². The van der Waals surface area contributed by atoms with E-state index in [2.05, 4.69) is 16.0 Å². The first-order chi connectivity index (χ1) is 10.7. The molecule has 0 aliphatic heterocycles. The topological polar surface area (TPSA) is 151 Å². The molecule has 132 valence electrons. The van der Waals surface area contributed by atoms with Crippen LogP contribution < -0.4 is 21.7 Å². The van der Waals surface area contributed by atoms with Crippen LogP contribution in [0.4, 0.5) is 0 Å². The number of rotatable bonds is 10. The van der Waals surface area contributed by atoms with E-state index in [1.54, 1.807) is 0 Å². The number of hydrogen-bond donors (Lipinski definition) is 5. The number of carboxylic acid groups (broad SMARTS) is 1. The molecule has 0 saturated heterocycles. The second kappa shape index (κ2) is 10.8. The molecule has 0 aromatic carbocycles. The highest BCUT2D eigenvalue weighted by molar-refractivity contribution is 7.98. The summed E-state index contributed by atoms with van der Waals surface area (Å²) < 4.78 is 0. The van der Waals surface area contributed by atoms with Crippen LogP contribution in [-0.4, -0.2) is 65.5 Å². The van der Waals surface area contributed by atoms with Gasteiger partial charge in [0.05, 0.1) is 6.54 Å². The van der Waals surface area contributed by atoms with Gasteiger partial charge in [0.25, 0.3) is 0 Å². The molecule has 0 radical (unpaired) electrons. The van der Waals surface area contributed by atoms with E-state index in [9.17, 15) is 19.2 Å². The fourth-order valence-corrected chi connectivity index (χ4v) is 2.01. The zero-order valence-corrected chi connectivity index (χ0v) is 14.2. The highest BCUT2D eigenvalue weighted by Gasteiger charge is 2.26. The number of carbonyl (C=O) groups is 4. The average molecular weight is 348 g/mol. The number of aliphatic carboxylic acids is 1. The standard InChI is InChI=1S/C13H24N4O5S/c1-7(15-10(18)6-14)11(19)17-9(4-5-23-3)12(20)16-8(2)13(21)22/h7-9H,4-6,14H2,1-3H3,(H,15,18)(H,16,20)(H,17,19)(H,21,22)/t7-,8-,9-/m0/s1. The predicted molar refractivity (Wildman–Crippen MR) is 86.8 cm³/mol. The SMILES string of the molecule is CSCC[C@H](NC(=O)[C@H](C)NC(=O)CN)C(=O)N[C@@H](C)C(=O)O. The highest BCUT2D eigenvalue weighted by Crippen LogP contribution is 2.02. The van der Waals surface area contributed by atoms with Gasteiger partial charge in [-0.15, -0.1) is 0 Å². The molecule has 10 heteroatoms. The summed E-state index contributed by atoms with van der Waals surface area (Å²) >= 11 is 1.49. The maximum atomic E-state index is 12.1. The van der Waals surface area contributed by atoms with Crippen molar-refractivity contribution in [3.63, 3.8) is 0 Å². The Morgan fingerprint density at radius 1 is 1.04 bits per heavy atom. The molecule has 0 bridgehead atoms. The molecule has 0 aliphatic carbocycles. The van der Waals surface area contributed by atoms with Crippen molar-refractivity contribution in [1.82, 2.24) is 16.0 Å². The van der Waals surface area contributed by atoms with E-state index in [1.807, 2.05) is 6.26 Å². The summed E-state index contributed by atoms with van der Waals surface area (Å²) in [5.74, 6) is -2.19. The number of nitrogens with one attached hydrogen (secondary N) is 3. The van der Waals surface area contributed by atoms with Crippen LogP contribution >= 0.6 is 11.8 Å². The zero-order valence-electron chi connectivity index (χ0n) is 13.4. The average Bonchev–Trinajstić information content (AvgIpc) is 2.50. The second-order valence-electron chi connectivity index (χ2n) is 4.90. The maximum Gasteiger partial charge on any atom is 0.325 e. The lowest BCUT2D eigenvalue weighted by molar-refractivity contribution is -0.141. The second-order valence-corrected chi connectivity index (χ2v) is 5.89. The number of thioether (sulfide) groups is 1. The monoisotopic (exact) mass is 348 g/mol. The molecule has 3 atom stereocenters. The van der Waals surface area contributed by atoms with Crippen LogP contribution in [-0.2, 0) is 19.2 Å². The molecule has 0 aromatic heterocycles. The third kappa shape index (κ3) is 8.41. The molecule has 3 amide bonds. The Hall–Kier alpha value is -1.81. The van der Waals surface area contributed by atoms with Crippen LogP contribution in [0.3, 0.4) is 0 Å². The van der Waals surface area contributed by atoms with Crippen molar-refractivity contribution >= 4 is 35.5 Å². The first-order valence-electron chi connectivity index (χ1n) is 7.04. The lowest BCUT2D eigenvalue weighted by Gasteiger charge is -2.22. The highest BCUT2D eigenvalue weighted by atomic mass is 32.2. The van der Waals surface area contributed by atoms with Crippen molar-refractivity contribution in [3.8, 4) is 0 Å². The fraction of sp³-hybridized carbons (Fsp3) is 0.692. The van der Waals surface area contributed by atoms with Crippen molar-refractivity contribution in [3.05, 3.63) is 0 Å². The summed E-state index contributed by atoms with van der Waals surface area (Å²) in [7, 11) is 0. The Morgan fingerprint density at radius 2 is 1.65 bits per heavy atom. The number of hydrogen-bond acceptors (Lipinski definition) is 6. The number of carbonyl (C=O) groups excluding carboxylic acids is 3. The van der Waals surface area contributed by atoms with Gasteiger partial charge in [-0.3, -0.25) is 19.2 Å². The Kier molecular flexibility index (Phi) is 9.99. The molecule has 6 N–H and O–H groups in total. The van der Waals surface area contributed by atoms with E-state index >= 15 is 0 Å². The van der Waals surface area contributed by atoms with Gasteiger partial charge in [-0.25, -0.2) is 0 Å². The van der Waals surface area contributed by atoms with Crippen molar-refractivity contribution in [2.24, 2.45) is 5.73 Å². The van der Waals surface area contributed by atoms with Crippen molar-refractivity contribution in [1.29, 1.82) is 0 Å².